The highest BCUT2D eigenvalue weighted by atomic mass is 16.6. The van der Waals surface area contributed by atoms with Gasteiger partial charge >= 0.3 is 0 Å². The number of ether oxygens (including phenoxy) is 2. The van der Waals surface area contributed by atoms with Gasteiger partial charge in [-0.15, -0.1) is 0 Å². The molecular weight excluding hydrogens is 164 g/mol. The Kier molecular flexibility index (Phi) is 5.40. The van der Waals surface area contributed by atoms with Crippen LogP contribution in [-0.2, 0) is 9.47 Å². The van der Waals surface area contributed by atoms with Crippen LogP contribution in [-0.4, -0.2) is 25.4 Å². The van der Waals surface area contributed by atoms with Gasteiger partial charge in [-0.3, -0.25) is 0 Å². The van der Waals surface area contributed by atoms with Crippen LogP contribution in [0.1, 0.15) is 46.0 Å². The second kappa shape index (κ2) is 6.39. The lowest BCUT2D eigenvalue weighted by Gasteiger charge is -2.14. The zero-order chi connectivity index (χ0) is 9.52. The minimum Gasteiger partial charge on any atom is -0.375 e. The van der Waals surface area contributed by atoms with Crippen LogP contribution in [0.25, 0.3) is 0 Å². The van der Waals surface area contributed by atoms with E-state index in [2.05, 4.69) is 13.8 Å². The molecule has 0 spiro atoms. The molecule has 0 amide bonds. The average Bonchev–Trinajstić information content (AvgIpc) is 2.94. The van der Waals surface area contributed by atoms with E-state index in [4.69, 9.17) is 9.47 Å². The molecule has 2 nitrogen and oxygen atoms in total. The molecule has 2 unspecified atom stereocenters. The fourth-order valence-corrected chi connectivity index (χ4v) is 1.43. The van der Waals surface area contributed by atoms with Crippen LogP contribution in [0, 0.1) is 0 Å². The van der Waals surface area contributed by atoms with Crippen LogP contribution >= 0.6 is 0 Å². The van der Waals surface area contributed by atoms with Crippen LogP contribution < -0.4 is 0 Å². The van der Waals surface area contributed by atoms with Crippen molar-refractivity contribution >= 4 is 0 Å². The van der Waals surface area contributed by atoms with Crippen molar-refractivity contribution in [2.24, 2.45) is 0 Å². The molecule has 0 aliphatic carbocycles. The van der Waals surface area contributed by atoms with Crippen LogP contribution in [0.5, 0.6) is 0 Å². The molecule has 1 rings (SSSR count). The van der Waals surface area contributed by atoms with E-state index in [1.54, 1.807) is 0 Å². The number of unbranched alkanes of at least 4 members (excludes halogenated alkanes) is 2. The summed E-state index contributed by atoms with van der Waals surface area (Å²) in [6.45, 7) is 6.24. The lowest BCUT2D eigenvalue weighted by molar-refractivity contribution is 0.0250. The van der Waals surface area contributed by atoms with Gasteiger partial charge in [0.05, 0.1) is 12.7 Å². The average molecular weight is 186 g/mol. The molecule has 0 aromatic rings. The molecule has 1 aliphatic rings. The molecule has 1 heterocycles. The third kappa shape index (κ3) is 4.63. The van der Waals surface area contributed by atoms with Gasteiger partial charge in [0.1, 0.15) is 6.10 Å². The lowest BCUT2D eigenvalue weighted by atomic mass is 10.1. The second-order valence-electron chi connectivity index (χ2n) is 3.78. The zero-order valence-corrected chi connectivity index (χ0v) is 8.92. The minimum absolute atomic E-state index is 0.381. The molecular formula is C11H22O2. The standard InChI is InChI=1S/C11H22O2/c1-3-5-7-10(11-9-13-11)12-8-6-4-2/h10-11H,3-9H2,1-2H3. The highest BCUT2D eigenvalue weighted by Crippen LogP contribution is 2.21. The molecule has 2 atom stereocenters. The summed E-state index contributed by atoms with van der Waals surface area (Å²) in [5.74, 6) is 0. The van der Waals surface area contributed by atoms with Gasteiger partial charge < -0.3 is 9.47 Å². The molecule has 0 N–H and O–H groups in total. The fraction of sp³-hybridized carbons (Fsp3) is 1.00. The first kappa shape index (κ1) is 11.0. The summed E-state index contributed by atoms with van der Waals surface area (Å²) >= 11 is 0. The summed E-state index contributed by atoms with van der Waals surface area (Å²) in [6.07, 6.45) is 6.87. The van der Waals surface area contributed by atoms with Gasteiger partial charge in [0.15, 0.2) is 0 Å². The number of rotatable bonds is 8. The third-order valence-electron chi connectivity index (χ3n) is 2.45. The first-order chi connectivity index (χ1) is 6.38. The van der Waals surface area contributed by atoms with Gasteiger partial charge in [-0.2, -0.15) is 0 Å². The quantitative estimate of drug-likeness (QED) is 0.429. The van der Waals surface area contributed by atoms with E-state index >= 15 is 0 Å². The molecule has 78 valence electrons. The van der Waals surface area contributed by atoms with Crippen molar-refractivity contribution in [1.29, 1.82) is 0 Å². The Morgan fingerprint density at radius 3 is 2.54 bits per heavy atom. The second-order valence-corrected chi connectivity index (χ2v) is 3.78. The third-order valence-corrected chi connectivity index (χ3v) is 2.45. The van der Waals surface area contributed by atoms with E-state index < -0.39 is 0 Å². The van der Waals surface area contributed by atoms with Gasteiger partial charge in [-0.05, 0) is 12.8 Å². The zero-order valence-electron chi connectivity index (χ0n) is 8.92. The maximum atomic E-state index is 5.78. The monoisotopic (exact) mass is 186 g/mol. The first-order valence-corrected chi connectivity index (χ1v) is 5.61. The van der Waals surface area contributed by atoms with Gasteiger partial charge in [-0.25, -0.2) is 0 Å². The van der Waals surface area contributed by atoms with Crippen molar-refractivity contribution in [3.05, 3.63) is 0 Å². The summed E-state index contributed by atoms with van der Waals surface area (Å²) in [4.78, 5) is 0. The molecule has 1 saturated heterocycles. The predicted octanol–water partition coefficient (Wildman–Crippen LogP) is 2.76. The molecule has 0 saturated carbocycles. The number of hydrogen-bond donors (Lipinski definition) is 0. The van der Waals surface area contributed by atoms with Gasteiger partial charge in [0.25, 0.3) is 0 Å². The molecule has 1 aliphatic heterocycles. The normalized spacial score (nSPS) is 23.1. The smallest absolute Gasteiger partial charge is 0.107 e. The molecule has 13 heavy (non-hydrogen) atoms. The minimum atomic E-state index is 0.381. The van der Waals surface area contributed by atoms with Gasteiger partial charge in [0.2, 0.25) is 0 Å². The van der Waals surface area contributed by atoms with Crippen molar-refractivity contribution in [3.63, 3.8) is 0 Å². The van der Waals surface area contributed by atoms with Crippen molar-refractivity contribution < 1.29 is 9.47 Å². The SMILES string of the molecule is CCCCOC(CCCC)C1CO1. The van der Waals surface area contributed by atoms with Crippen molar-refractivity contribution in [2.75, 3.05) is 13.2 Å². The van der Waals surface area contributed by atoms with Crippen LogP contribution in [0.2, 0.25) is 0 Å². The molecule has 1 fully saturated rings. The number of epoxide rings is 1. The van der Waals surface area contributed by atoms with Crippen LogP contribution in [0.3, 0.4) is 0 Å². The predicted molar refractivity (Wildman–Crippen MR) is 53.9 cm³/mol. The lowest BCUT2D eigenvalue weighted by Crippen LogP contribution is -2.20. The largest absolute Gasteiger partial charge is 0.375 e. The summed E-state index contributed by atoms with van der Waals surface area (Å²) in [5.41, 5.74) is 0. The van der Waals surface area contributed by atoms with Crippen molar-refractivity contribution in [2.45, 2.75) is 58.2 Å². The Balaban J connectivity index is 2.06. The molecule has 0 aromatic heterocycles. The highest BCUT2D eigenvalue weighted by Gasteiger charge is 2.32. The van der Waals surface area contributed by atoms with Crippen molar-refractivity contribution in [3.8, 4) is 0 Å². The maximum absolute atomic E-state index is 5.78. The summed E-state index contributed by atoms with van der Waals surface area (Å²) in [7, 11) is 0. The number of hydrogen-bond acceptors (Lipinski definition) is 2. The van der Waals surface area contributed by atoms with E-state index in [1.807, 2.05) is 0 Å². The first-order valence-electron chi connectivity index (χ1n) is 5.61. The van der Waals surface area contributed by atoms with Crippen molar-refractivity contribution in [1.82, 2.24) is 0 Å². The van der Waals surface area contributed by atoms with Gasteiger partial charge in [-0.1, -0.05) is 33.1 Å². The van der Waals surface area contributed by atoms with E-state index in [9.17, 15) is 0 Å². The molecule has 0 radical (unpaired) electrons. The Bertz CT molecular complexity index is 121. The Hall–Kier alpha value is -0.0800. The summed E-state index contributed by atoms with van der Waals surface area (Å²) in [6, 6.07) is 0. The van der Waals surface area contributed by atoms with E-state index in [1.165, 1.54) is 32.1 Å². The fourth-order valence-electron chi connectivity index (χ4n) is 1.43. The highest BCUT2D eigenvalue weighted by molar-refractivity contribution is 4.79. The summed E-state index contributed by atoms with van der Waals surface area (Å²) in [5, 5.41) is 0. The van der Waals surface area contributed by atoms with E-state index in [0.717, 1.165) is 13.2 Å². The Labute approximate surface area is 81.6 Å². The van der Waals surface area contributed by atoms with Gasteiger partial charge in [0, 0.05) is 6.61 Å². The maximum Gasteiger partial charge on any atom is 0.107 e. The van der Waals surface area contributed by atoms with E-state index in [0.29, 0.717) is 12.2 Å². The van der Waals surface area contributed by atoms with Crippen LogP contribution in [0.4, 0.5) is 0 Å². The van der Waals surface area contributed by atoms with E-state index in [-0.39, 0.29) is 0 Å². The van der Waals surface area contributed by atoms with Crippen LogP contribution in [0.15, 0.2) is 0 Å². The molecule has 0 bridgehead atoms. The summed E-state index contributed by atoms with van der Waals surface area (Å²) < 4.78 is 11.1. The molecule has 0 aromatic carbocycles. The Morgan fingerprint density at radius 2 is 2.00 bits per heavy atom. The topological polar surface area (TPSA) is 21.8 Å². The molecule has 2 heteroatoms. The Morgan fingerprint density at radius 1 is 1.31 bits per heavy atom.